The topological polar surface area (TPSA) is 61.0 Å². The number of nitrogens with zero attached hydrogens (tertiary/aromatic N) is 2. The number of aryl methyl sites for hydroxylation is 2. The molecular formula is C15H19N3OS. The molecule has 0 aliphatic heterocycles. The summed E-state index contributed by atoms with van der Waals surface area (Å²) in [6.07, 6.45) is 7.26. The molecule has 0 radical (unpaired) electrons. The number of aromatic nitrogens is 2. The van der Waals surface area contributed by atoms with Gasteiger partial charge >= 0.3 is 0 Å². The van der Waals surface area contributed by atoms with Gasteiger partial charge in [-0.25, -0.2) is 9.97 Å². The van der Waals surface area contributed by atoms with Crippen LogP contribution in [0.25, 0.3) is 10.2 Å². The minimum Gasteiger partial charge on any atom is -0.383 e. The quantitative estimate of drug-likeness (QED) is 0.942. The summed E-state index contributed by atoms with van der Waals surface area (Å²) in [4.78, 5) is 11.9. The highest BCUT2D eigenvalue weighted by Gasteiger charge is 2.35. The second kappa shape index (κ2) is 4.67. The SMILES string of the molecule is COC(c1nc(N)c2c3c(sc2n1)CCCC3)C1CC1. The number of ether oxygens (including phenoxy) is 1. The number of anilines is 1. The summed E-state index contributed by atoms with van der Waals surface area (Å²) in [6, 6.07) is 0. The first-order valence-electron chi connectivity index (χ1n) is 7.38. The van der Waals surface area contributed by atoms with E-state index in [2.05, 4.69) is 4.98 Å². The maximum absolute atomic E-state index is 6.24. The van der Waals surface area contributed by atoms with Crippen LogP contribution in [0.15, 0.2) is 0 Å². The van der Waals surface area contributed by atoms with Gasteiger partial charge in [0, 0.05) is 12.0 Å². The van der Waals surface area contributed by atoms with E-state index >= 15 is 0 Å². The summed E-state index contributed by atoms with van der Waals surface area (Å²) >= 11 is 1.80. The highest BCUT2D eigenvalue weighted by molar-refractivity contribution is 7.19. The molecular weight excluding hydrogens is 270 g/mol. The second-order valence-electron chi connectivity index (χ2n) is 5.85. The van der Waals surface area contributed by atoms with Crippen LogP contribution in [0.3, 0.4) is 0 Å². The van der Waals surface area contributed by atoms with E-state index in [1.807, 2.05) is 0 Å². The van der Waals surface area contributed by atoms with E-state index in [-0.39, 0.29) is 6.10 Å². The van der Waals surface area contributed by atoms with Crippen molar-refractivity contribution >= 4 is 27.4 Å². The lowest BCUT2D eigenvalue weighted by Gasteiger charge is -2.14. The number of fused-ring (bicyclic) bond motifs is 3. The molecule has 1 unspecified atom stereocenters. The third-order valence-corrected chi connectivity index (χ3v) is 5.60. The lowest BCUT2D eigenvalue weighted by atomic mass is 9.97. The predicted molar refractivity (Wildman–Crippen MR) is 80.9 cm³/mol. The Balaban J connectivity index is 1.85. The number of nitrogens with two attached hydrogens (primary N) is 1. The van der Waals surface area contributed by atoms with Crippen LogP contribution in [0, 0.1) is 5.92 Å². The highest BCUT2D eigenvalue weighted by atomic mass is 32.1. The highest BCUT2D eigenvalue weighted by Crippen LogP contribution is 2.44. The van der Waals surface area contributed by atoms with E-state index < -0.39 is 0 Å². The average Bonchev–Trinajstić information content (AvgIpc) is 3.19. The van der Waals surface area contributed by atoms with Gasteiger partial charge in [-0.05, 0) is 50.0 Å². The number of hydrogen-bond acceptors (Lipinski definition) is 5. The Kier molecular flexibility index (Phi) is 2.93. The normalized spacial score (nSPS) is 20.1. The number of rotatable bonds is 3. The van der Waals surface area contributed by atoms with Crippen molar-refractivity contribution < 1.29 is 4.74 Å². The Morgan fingerprint density at radius 2 is 2.05 bits per heavy atom. The van der Waals surface area contributed by atoms with Crippen molar-refractivity contribution in [3.8, 4) is 0 Å². The van der Waals surface area contributed by atoms with Gasteiger partial charge in [0.05, 0.1) is 5.39 Å². The van der Waals surface area contributed by atoms with Crippen LogP contribution in [-0.2, 0) is 17.6 Å². The van der Waals surface area contributed by atoms with E-state index in [1.54, 1.807) is 18.4 Å². The molecule has 0 spiro atoms. The van der Waals surface area contributed by atoms with E-state index in [4.69, 9.17) is 15.5 Å². The minimum absolute atomic E-state index is 0.0147. The molecule has 1 fully saturated rings. The molecule has 2 aliphatic rings. The Morgan fingerprint density at radius 3 is 2.80 bits per heavy atom. The molecule has 5 heteroatoms. The third kappa shape index (κ3) is 1.91. The largest absolute Gasteiger partial charge is 0.383 e. The van der Waals surface area contributed by atoms with Gasteiger partial charge < -0.3 is 10.5 Å². The van der Waals surface area contributed by atoms with Crippen LogP contribution in [-0.4, -0.2) is 17.1 Å². The summed E-state index contributed by atoms with van der Waals surface area (Å²) in [7, 11) is 1.74. The third-order valence-electron chi connectivity index (χ3n) is 4.42. The maximum atomic E-state index is 6.24. The Bertz CT molecular complexity index is 663. The van der Waals surface area contributed by atoms with Crippen LogP contribution in [0.2, 0.25) is 0 Å². The molecule has 2 aromatic rings. The molecule has 20 heavy (non-hydrogen) atoms. The molecule has 4 nitrogen and oxygen atoms in total. The number of hydrogen-bond donors (Lipinski definition) is 1. The van der Waals surface area contributed by atoms with Gasteiger partial charge in [0.2, 0.25) is 0 Å². The average molecular weight is 289 g/mol. The fourth-order valence-corrected chi connectivity index (χ4v) is 4.51. The van der Waals surface area contributed by atoms with Crippen molar-refractivity contribution in [2.75, 3.05) is 12.8 Å². The molecule has 0 amide bonds. The van der Waals surface area contributed by atoms with Gasteiger partial charge in [0.25, 0.3) is 0 Å². The molecule has 106 valence electrons. The van der Waals surface area contributed by atoms with Crippen LogP contribution in [0.5, 0.6) is 0 Å². The maximum Gasteiger partial charge on any atom is 0.161 e. The molecule has 2 aromatic heterocycles. The summed E-state index contributed by atoms with van der Waals surface area (Å²) in [5.41, 5.74) is 7.64. The fraction of sp³-hybridized carbons (Fsp3) is 0.600. The lowest BCUT2D eigenvalue weighted by Crippen LogP contribution is -2.10. The smallest absolute Gasteiger partial charge is 0.161 e. The molecule has 4 rings (SSSR count). The summed E-state index contributed by atoms with van der Waals surface area (Å²) in [5, 5.41) is 1.11. The zero-order valence-corrected chi connectivity index (χ0v) is 12.5. The molecule has 1 atom stereocenters. The number of methoxy groups -OCH3 is 1. The first kappa shape index (κ1) is 12.5. The Hall–Kier alpha value is -1.20. The summed E-state index contributed by atoms with van der Waals surface area (Å²) in [6.45, 7) is 0. The second-order valence-corrected chi connectivity index (χ2v) is 6.94. The van der Waals surface area contributed by atoms with Gasteiger partial charge in [0.1, 0.15) is 16.8 Å². The first-order chi connectivity index (χ1) is 9.78. The number of thiophene rings is 1. The first-order valence-corrected chi connectivity index (χ1v) is 8.20. The summed E-state index contributed by atoms with van der Waals surface area (Å²) < 4.78 is 5.59. The molecule has 0 saturated heterocycles. The predicted octanol–water partition coefficient (Wildman–Crippen LogP) is 3.25. The van der Waals surface area contributed by atoms with Gasteiger partial charge in [-0.15, -0.1) is 11.3 Å². The zero-order valence-electron chi connectivity index (χ0n) is 11.7. The van der Waals surface area contributed by atoms with Crippen LogP contribution in [0.4, 0.5) is 5.82 Å². The van der Waals surface area contributed by atoms with E-state index in [0.717, 1.165) is 22.5 Å². The zero-order chi connectivity index (χ0) is 13.7. The van der Waals surface area contributed by atoms with Crippen molar-refractivity contribution in [2.45, 2.75) is 44.6 Å². The van der Waals surface area contributed by atoms with E-state index in [9.17, 15) is 0 Å². The van der Waals surface area contributed by atoms with E-state index in [1.165, 1.54) is 42.5 Å². The summed E-state index contributed by atoms with van der Waals surface area (Å²) in [5.74, 6) is 2.00. The van der Waals surface area contributed by atoms with Crippen molar-refractivity contribution in [2.24, 2.45) is 5.92 Å². The monoisotopic (exact) mass is 289 g/mol. The fourth-order valence-electron chi connectivity index (χ4n) is 3.24. The van der Waals surface area contributed by atoms with Gasteiger partial charge in [-0.3, -0.25) is 0 Å². The molecule has 0 bridgehead atoms. The Morgan fingerprint density at radius 1 is 1.25 bits per heavy atom. The molecule has 2 N–H and O–H groups in total. The van der Waals surface area contributed by atoms with Gasteiger partial charge in [-0.2, -0.15) is 0 Å². The molecule has 2 heterocycles. The van der Waals surface area contributed by atoms with Crippen LogP contribution in [0.1, 0.15) is 48.1 Å². The van der Waals surface area contributed by atoms with Crippen LogP contribution < -0.4 is 5.73 Å². The van der Waals surface area contributed by atoms with Crippen molar-refractivity contribution in [1.82, 2.24) is 9.97 Å². The van der Waals surface area contributed by atoms with Crippen molar-refractivity contribution in [1.29, 1.82) is 0 Å². The lowest BCUT2D eigenvalue weighted by molar-refractivity contribution is 0.0777. The molecule has 1 saturated carbocycles. The van der Waals surface area contributed by atoms with Crippen molar-refractivity contribution in [3.63, 3.8) is 0 Å². The standard InChI is InChI=1S/C15H19N3OS/c1-19-12(8-6-7-8)14-17-13(16)11-9-4-2-3-5-10(9)20-15(11)18-14/h8,12H,2-7H2,1H3,(H2,16,17,18). The van der Waals surface area contributed by atoms with Gasteiger partial charge in [-0.1, -0.05) is 0 Å². The molecule has 2 aliphatic carbocycles. The minimum atomic E-state index is 0.0147. The van der Waals surface area contributed by atoms with Crippen LogP contribution >= 0.6 is 11.3 Å². The Labute approximate surface area is 122 Å². The van der Waals surface area contributed by atoms with E-state index in [0.29, 0.717) is 11.7 Å². The van der Waals surface area contributed by atoms with Crippen molar-refractivity contribution in [3.05, 3.63) is 16.3 Å². The molecule has 0 aromatic carbocycles. The van der Waals surface area contributed by atoms with Gasteiger partial charge in [0.15, 0.2) is 5.82 Å². The number of nitrogen functional groups attached to an aromatic ring is 1.